The molecular weight excluding hydrogens is 444 g/mol. The largest absolute Gasteiger partial charge is 0.444 e. The van der Waals surface area contributed by atoms with Crippen molar-refractivity contribution >= 4 is 17.7 Å². The van der Waals surface area contributed by atoms with E-state index in [2.05, 4.69) is 5.32 Å². The summed E-state index contributed by atoms with van der Waals surface area (Å²) in [4.78, 5) is 39.7. The highest BCUT2D eigenvalue weighted by Gasteiger charge is 2.39. The number of carbonyl (C=O) groups excluding carboxylic acids is 2. The molecule has 2 fully saturated rings. The van der Waals surface area contributed by atoms with Gasteiger partial charge in [0.1, 0.15) is 5.60 Å². The van der Waals surface area contributed by atoms with Crippen LogP contribution in [0.1, 0.15) is 63.2 Å². The minimum absolute atomic E-state index is 0.0441. The molecule has 0 aliphatic heterocycles. The highest BCUT2D eigenvalue weighted by molar-refractivity contribution is 5.99. The fourth-order valence-electron chi connectivity index (χ4n) is 4.32. The number of benzene rings is 1. The monoisotopic (exact) mass is 476 g/mol. The Labute approximate surface area is 205 Å². The van der Waals surface area contributed by atoms with Crippen molar-refractivity contribution < 1.29 is 14.3 Å². The highest BCUT2D eigenvalue weighted by Crippen LogP contribution is 2.35. The number of hydrogen-bond acceptors (Lipinski definition) is 5. The van der Waals surface area contributed by atoms with Crippen molar-refractivity contribution in [2.24, 2.45) is 0 Å². The smallest absolute Gasteiger partial charge is 0.411 e. The summed E-state index contributed by atoms with van der Waals surface area (Å²) in [6, 6.07) is 12.2. The zero-order valence-electron chi connectivity index (χ0n) is 20.4. The van der Waals surface area contributed by atoms with Gasteiger partial charge < -0.3 is 15.0 Å². The number of nitrogens with zero attached hydrogens (tertiary/aromatic N) is 2. The van der Waals surface area contributed by atoms with Crippen LogP contribution >= 0.6 is 0 Å². The average molecular weight is 477 g/mol. The molecule has 2 aromatic rings. The zero-order chi connectivity index (χ0) is 25.2. The maximum atomic E-state index is 13.5. The van der Waals surface area contributed by atoms with Gasteiger partial charge in [-0.3, -0.25) is 19.5 Å². The Morgan fingerprint density at radius 2 is 1.80 bits per heavy atom. The predicted octanol–water partition coefficient (Wildman–Crippen LogP) is 4.42. The van der Waals surface area contributed by atoms with E-state index in [1.54, 1.807) is 69.6 Å². The van der Waals surface area contributed by atoms with Gasteiger partial charge in [-0.1, -0.05) is 6.07 Å². The lowest BCUT2D eigenvalue weighted by Crippen LogP contribution is -2.44. The van der Waals surface area contributed by atoms with Crippen molar-refractivity contribution in [2.75, 3.05) is 0 Å². The molecule has 1 atom stereocenters. The van der Waals surface area contributed by atoms with Gasteiger partial charge >= 0.3 is 6.09 Å². The number of pyridine rings is 1. The topological polar surface area (TPSA) is 104 Å². The van der Waals surface area contributed by atoms with E-state index in [9.17, 15) is 14.4 Å². The van der Waals surface area contributed by atoms with E-state index in [0.29, 0.717) is 41.8 Å². The highest BCUT2D eigenvalue weighted by atomic mass is 16.6. The second kappa shape index (κ2) is 9.90. The van der Waals surface area contributed by atoms with Crippen LogP contribution < -0.4 is 10.9 Å². The van der Waals surface area contributed by atoms with Crippen LogP contribution in [0.4, 0.5) is 4.79 Å². The lowest BCUT2D eigenvalue weighted by molar-refractivity contribution is 0.0549. The van der Waals surface area contributed by atoms with Crippen molar-refractivity contribution in [3.8, 4) is 5.69 Å². The summed E-state index contributed by atoms with van der Waals surface area (Å²) in [6.45, 7) is 5.38. The summed E-state index contributed by atoms with van der Waals surface area (Å²) in [5.41, 5.74) is 1.72. The van der Waals surface area contributed by atoms with E-state index in [1.807, 2.05) is 4.90 Å². The molecule has 1 heterocycles. The summed E-state index contributed by atoms with van der Waals surface area (Å²) in [7, 11) is 0. The van der Waals surface area contributed by atoms with Crippen molar-refractivity contribution in [1.82, 2.24) is 14.8 Å². The number of aromatic nitrogens is 1. The van der Waals surface area contributed by atoms with Gasteiger partial charge in [0.25, 0.3) is 11.5 Å². The van der Waals surface area contributed by atoms with Gasteiger partial charge in [0, 0.05) is 47.5 Å². The van der Waals surface area contributed by atoms with E-state index in [1.165, 1.54) is 10.6 Å². The minimum atomic E-state index is -0.607. The van der Waals surface area contributed by atoms with Gasteiger partial charge in [-0.2, -0.15) is 0 Å². The predicted molar refractivity (Wildman–Crippen MR) is 134 cm³/mol. The van der Waals surface area contributed by atoms with E-state index in [0.717, 1.165) is 12.8 Å². The quantitative estimate of drug-likeness (QED) is 0.666. The molecule has 0 saturated heterocycles. The van der Waals surface area contributed by atoms with Crippen LogP contribution in [0, 0.1) is 5.41 Å². The van der Waals surface area contributed by atoms with Crippen molar-refractivity contribution in [2.45, 2.75) is 70.6 Å². The Bertz CT molecular complexity index is 1200. The van der Waals surface area contributed by atoms with Crippen molar-refractivity contribution in [1.29, 1.82) is 5.41 Å². The fraction of sp³-hybridized carbons (Fsp3) is 0.407. The number of rotatable bonds is 5. The van der Waals surface area contributed by atoms with Crippen LogP contribution in [0.3, 0.4) is 0 Å². The van der Waals surface area contributed by atoms with Crippen LogP contribution in [-0.4, -0.2) is 44.9 Å². The molecule has 2 saturated carbocycles. The van der Waals surface area contributed by atoms with Crippen LogP contribution in [0.5, 0.6) is 0 Å². The Balaban J connectivity index is 1.49. The molecule has 1 aromatic carbocycles. The number of ether oxygens (including phenoxy) is 1. The van der Waals surface area contributed by atoms with Crippen LogP contribution in [-0.2, 0) is 4.74 Å². The summed E-state index contributed by atoms with van der Waals surface area (Å²) in [5, 5.41) is 11.0. The first-order valence-corrected chi connectivity index (χ1v) is 12.0. The third-order valence-corrected chi connectivity index (χ3v) is 6.12. The summed E-state index contributed by atoms with van der Waals surface area (Å²) in [6.07, 6.45) is 6.37. The SMILES string of the molecule is CC(C)(C)OC(=O)N/C=C1/CC(N(C(=O)c2ccc(-n3ccccc3=O)cc2)C2CC2)CCC1=N. The second-order valence-electron chi connectivity index (χ2n) is 10.1. The van der Waals surface area contributed by atoms with E-state index in [-0.39, 0.29) is 23.6 Å². The molecular formula is C27H32N4O4. The number of carbonyl (C=O) groups is 2. The van der Waals surface area contributed by atoms with Crippen molar-refractivity contribution in [3.05, 3.63) is 76.4 Å². The lowest BCUT2D eigenvalue weighted by atomic mass is 9.88. The molecule has 8 heteroatoms. The second-order valence-corrected chi connectivity index (χ2v) is 10.1. The number of amides is 2. The van der Waals surface area contributed by atoms with Crippen LogP contribution in [0.2, 0.25) is 0 Å². The van der Waals surface area contributed by atoms with Crippen molar-refractivity contribution in [3.63, 3.8) is 0 Å². The molecule has 4 rings (SSSR count). The molecule has 2 aliphatic carbocycles. The molecule has 2 aliphatic rings. The molecule has 1 unspecified atom stereocenters. The Kier molecular flexibility index (Phi) is 6.91. The molecule has 0 spiro atoms. The van der Waals surface area contributed by atoms with E-state index < -0.39 is 11.7 Å². The first kappa shape index (κ1) is 24.4. The number of alkyl carbamates (subject to hydrolysis) is 1. The molecule has 1 aromatic heterocycles. The maximum Gasteiger partial charge on any atom is 0.411 e. The third-order valence-electron chi connectivity index (χ3n) is 6.12. The van der Waals surface area contributed by atoms with Gasteiger partial charge in [-0.05, 0) is 88.8 Å². The normalized spacial score (nSPS) is 19.3. The lowest BCUT2D eigenvalue weighted by Gasteiger charge is -2.36. The van der Waals surface area contributed by atoms with Gasteiger partial charge in [-0.25, -0.2) is 4.79 Å². The summed E-state index contributed by atoms with van der Waals surface area (Å²) >= 11 is 0. The Morgan fingerprint density at radius 1 is 1.09 bits per heavy atom. The molecule has 0 radical (unpaired) electrons. The molecule has 2 N–H and O–H groups in total. The standard InChI is InChI=1S/C27H32N4O4/c1-27(2,3)35-26(34)29-17-19-16-22(13-14-23(19)28)31(21-11-12-21)25(33)18-7-9-20(10-8-18)30-15-5-4-6-24(30)32/h4-10,15,17,21-22,28H,11-14,16H2,1-3H3,(H,29,34)/b19-17-,28-23?. The fourth-order valence-corrected chi connectivity index (χ4v) is 4.32. The van der Waals surface area contributed by atoms with Gasteiger partial charge in [-0.15, -0.1) is 0 Å². The molecule has 0 bridgehead atoms. The van der Waals surface area contributed by atoms with E-state index >= 15 is 0 Å². The summed E-state index contributed by atoms with van der Waals surface area (Å²) < 4.78 is 6.82. The first-order chi connectivity index (χ1) is 16.6. The van der Waals surface area contributed by atoms with Crippen LogP contribution in [0.15, 0.2) is 65.2 Å². The first-order valence-electron chi connectivity index (χ1n) is 12.0. The molecule has 184 valence electrons. The molecule has 8 nitrogen and oxygen atoms in total. The Morgan fingerprint density at radius 3 is 2.43 bits per heavy atom. The number of nitrogens with one attached hydrogen (secondary N) is 2. The van der Waals surface area contributed by atoms with Crippen LogP contribution in [0.25, 0.3) is 5.69 Å². The third kappa shape index (κ3) is 6.07. The Hall–Kier alpha value is -3.68. The van der Waals surface area contributed by atoms with Gasteiger partial charge in [0.15, 0.2) is 0 Å². The van der Waals surface area contributed by atoms with E-state index in [4.69, 9.17) is 10.1 Å². The zero-order valence-corrected chi connectivity index (χ0v) is 20.4. The molecule has 2 amide bonds. The number of hydrogen-bond donors (Lipinski definition) is 2. The maximum absolute atomic E-state index is 13.5. The van der Waals surface area contributed by atoms with Gasteiger partial charge in [0.2, 0.25) is 0 Å². The van der Waals surface area contributed by atoms with Gasteiger partial charge in [0.05, 0.1) is 0 Å². The minimum Gasteiger partial charge on any atom is -0.444 e. The summed E-state index contributed by atoms with van der Waals surface area (Å²) in [5.74, 6) is -0.0441. The molecule has 35 heavy (non-hydrogen) atoms. The average Bonchev–Trinajstić information content (AvgIpc) is 3.64.